The van der Waals surface area contributed by atoms with Gasteiger partial charge in [-0.1, -0.05) is 6.42 Å². The number of esters is 3. The summed E-state index contributed by atoms with van der Waals surface area (Å²) in [5.41, 5.74) is 5.43. The lowest BCUT2D eigenvalue weighted by molar-refractivity contribution is -0.153. The third-order valence-electron chi connectivity index (χ3n) is 2.97. The Morgan fingerprint density at radius 1 is 0.952 bits per heavy atom. The molecule has 0 aliphatic carbocycles. The minimum atomic E-state index is -0.722. The molecule has 0 rings (SSSR count). The summed E-state index contributed by atoms with van der Waals surface area (Å²) < 4.78 is 13.9. The van der Waals surface area contributed by atoms with Crippen molar-refractivity contribution in [2.75, 3.05) is 41.0 Å². The summed E-state index contributed by atoms with van der Waals surface area (Å²) in [6.07, 6.45) is 1.84. The van der Waals surface area contributed by atoms with Gasteiger partial charge in [-0.05, 0) is 19.4 Å². The zero-order valence-electron chi connectivity index (χ0n) is 12.8. The third kappa shape index (κ3) is 7.62. The third-order valence-corrected chi connectivity index (χ3v) is 2.97. The summed E-state index contributed by atoms with van der Waals surface area (Å²) in [5, 5.41) is 0. The number of carbonyl (C=O) groups is 3. The molecule has 0 amide bonds. The maximum absolute atomic E-state index is 11.9. The average molecular weight is 304 g/mol. The second kappa shape index (κ2) is 11.0. The van der Waals surface area contributed by atoms with Crippen LogP contribution in [0.15, 0.2) is 0 Å². The highest BCUT2D eigenvalue weighted by Gasteiger charge is 2.30. The number of methoxy groups -OCH3 is 3. The number of ether oxygens (including phenoxy) is 3. The van der Waals surface area contributed by atoms with Crippen LogP contribution in [-0.2, 0) is 28.6 Å². The van der Waals surface area contributed by atoms with Crippen molar-refractivity contribution in [2.45, 2.75) is 25.3 Å². The molecule has 1 unspecified atom stereocenters. The Bertz CT molecular complexity index is 330. The molecular formula is C13H24N2O6. The average Bonchev–Trinajstić information content (AvgIpc) is 2.49. The van der Waals surface area contributed by atoms with Gasteiger partial charge in [0.15, 0.2) is 0 Å². The maximum Gasteiger partial charge on any atom is 0.323 e. The van der Waals surface area contributed by atoms with Crippen LogP contribution >= 0.6 is 0 Å². The number of carbonyl (C=O) groups excluding carboxylic acids is 3. The van der Waals surface area contributed by atoms with Crippen LogP contribution in [0.25, 0.3) is 0 Å². The number of rotatable bonds is 10. The van der Waals surface area contributed by atoms with E-state index in [1.807, 2.05) is 0 Å². The molecule has 8 nitrogen and oxygen atoms in total. The monoisotopic (exact) mass is 304 g/mol. The maximum atomic E-state index is 11.9. The van der Waals surface area contributed by atoms with E-state index in [4.69, 9.17) is 10.5 Å². The second-order valence-corrected chi connectivity index (χ2v) is 4.38. The Morgan fingerprint density at radius 2 is 1.48 bits per heavy atom. The first-order valence-electron chi connectivity index (χ1n) is 6.65. The molecule has 0 bridgehead atoms. The van der Waals surface area contributed by atoms with E-state index in [2.05, 4.69) is 9.47 Å². The van der Waals surface area contributed by atoms with Gasteiger partial charge in [0, 0.05) is 0 Å². The van der Waals surface area contributed by atoms with Crippen LogP contribution in [0.2, 0.25) is 0 Å². The van der Waals surface area contributed by atoms with Crippen molar-refractivity contribution >= 4 is 17.9 Å². The van der Waals surface area contributed by atoms with Gasteiger partial charge >= 0.3 is 17.9 Å². The number of nitrogens with two attached hydrogens (primary N) is 1. The van der Waals surface area contributed by atoms with Crippen LogP contribution in [-0.4, -0.2) is 69.8 Å². The minimum absolute atomic E-state index is 0.200. The first kappa shape index (κ1) is 19.3. The molecule has 0 aliphatic heterocycles. The van der Waals surface area contributed by atoms with Crippen molar-refractivity contribution in [2.24, 2.45) is 5.73 Å². The minimum Gasteiger partial charge on any atom is -0.468 e. The van der Waals surface area contributed by atoms with Gasteiger partial charge in [-0.3, -0.25) is 19.3 Å². The molecule has 1 atom stereocenters. The molecule has 0 heterocycles. The van der Waals surface area contributed by atoms with Crippen LogP contribution in [0.4, 0.5) is 0 Å². The van der Waals surface area contributed by atoms with E-state index in [1.54, 1.807) is 0 Å². The van der Waals surface area contributed by atoms with E-state index in [1.165, 1.54) is 26.2 Å². The smallest absolute Gasteiger partial charge is 0.323 e. The lowest BCUT2D eigenvalue weighted by Crippen LogP contribution is -2.47. The van der Waals surface area contributed by atoms with Crippen LogP contribution < -0.4 is 5.73 Å². The fourth-order valence-electron chi connectivity index (χ4n) is 1.80. The largest absolute Gasteiger partial charge is 0.468 e. The molecule has 0 saturated carbocycles. The summed E-state index contributed by atoms with van der Waals surface area (Å²) in [5.74, 6) is -1.61. The van der Waals surface area contributed by atoms with E-state index in [9.17, 15) is 14.4 Å². The molecule has 21 heavy (non-hydrogen) atoms. The molecule has 0 aromatic rings. The van der Waals surface area contributed by atoms with Gasteiger partial charge in [0.05, 0.1) is 34.4 Å². The molecule has 0 radical (unpaired) electrons. The molecule has 0 aromatic carbocycles. The zero-order valence-corrected chi connectivity index (χ0v) is 12.8. The van der Waals surface area contributed by atoms with Gasteiger partial charge in [0.1, 0.15) is 6.04 Å². The predicted molar refractivity (Wildman–Crippen MR) is 74.3 cm³/mol. The second-order valence-electron chi connectivity index (χ2n) is 4.38. The molecule has 8 heteroatoms. The first-order valence-corrected chi connectivity index (χ1v) is 6.65. The van der Waals surface area contributed by atoms with Gasteiger partial charge in [-0.2, -0.15) is 0 Å². The van der Waals surface area contributed by atoms with Crippen LogP contribution in [0, 0.1) is 0 Å². The van der Waals surface area contributed by atoms with Crippen molar-refractivity contribution < 1.29 is 28.6 Å². The van der Waals surface area contributed by atoms with Gasteiger partial charge in [-0.25, -0.2) is 0 Å². The van der Waals surface area contributed by atoms with Crippen molar-refractivity contribution in [3.05, 3.63) is 0 Å². The number of hydrogen-bond donors (Lipinski definition) is 1. The predicted octanol–water partition coefficient (Wildman–Crippen LogP) is -0.695. The fourth-order valence-corrected chi connectivity index (χ4v) is 1.80. The lowest BCUT2D eigenvalue weighted by atomic mass is 10.1. The van der Waals surface area contributed by atoms with E-state index >= 15 is 0 Å². The van der Waals surface area contributed by atoms with Gasteiger partial charge in [0.25, 0.3) is 0 Å². The van der Waals surface area contributed by atoms with Crippen LogP contribution in [0.5, 0.6) is 0 Å². The molecule has 0 aromatic heterocycles. The molecule has 0 saturated heterocycles. The number of hydrogen-bond acceptors (Lipinski definition) is 8. The molecular weight excluding hydrogens is 280 g/mol. The molecule has 2 N–H and O–H groups in total. The molecule has 0 spiro atoms. The van der Waals surface area contributed by atoms with E-state index < -0.39 is 23.9 Å². The summed E-state index contributed by atoms with van der Waals surface area (Å²) in [7, 11) is 3.73. The van der Waals surface area contributed by atoms with Crippen LogP contribution in [0.3, 0.4) is 0 Å². The number of unbranched alkanes of at least 4 members (excludes halogenated alkanes) is 1. The van der Waals surface area contributed by atoms with E-state index in [0.29, 0.717) is 19.4 Å². The van der Waals surface area contributed by atoms with Crippen molar-refractivity contribution in [3.8, 4) is 0 Å². The topological polar surface area (TPSA) is 108 Å². The van der Waals surface area contributed by atoms with Gasteiger partial charge in [-0.15, -0.1) is 0 Å². The highest BCUT2D eigenvalue weighted by Crippen LogP contribution is 2.11. The molecule has 0 fully saturated rings. The van der Waals surface area contributed by atoms with Crippen molar-refractivity contribution in [1.29, 1.82) is 0 Å². The molecule has 122 valence electrons. The standard InChI is InChI=1S/C13H24N2O6/c1-19-11(16)8-15(9-12(17)20-2)10(13(18)21-3)6-4-5-7-14/h10H,4-9,14H2,1-3H3. The Hall–Kier alpha value is -1.67. The highest BCUT2D eigenvalue weighted by atomic mass is 16.5. The summed E-state index contributed by atoms with van der Waals surface area (Å²) in [4.78, 5) is 36.2. The summed E-state index contributed by atoms with van der Waals surface area (Å²) in [6, 6.07) is -0.722. The number of nitrogens with zero attached hydrogens (tertiary/aromatic N) is 1. The van der Waals surface area contributed by atoms with Gasteiger partial charge < -0.3 is 19.9 Å². The quantitative estimate of drug-likeness (QED) is 0.321. The van der Waals surface area contributed by atoms with Crippen molar-refractivity contribution in [1.82, 2.24) is 4.90 Å². The Labute approximate surface area is 124 Å². The fraction of sp³-hybridized carbons (Fsp3) is 0.769. The normalized spacial score (nSPS) is 11.9. The first-order chi connectivity index (χ1) is 9.99. The highest BCUT2D eigenvalue weighted by molar-refractivity contribution is 5.80. The van der Waals surface area contributed by atoms with E-state index in [0.717, 1.165) is 6.42 Å². The molecule has 0 aliphatic rings. The SMILES string of the molecule is COC(=O)CN(CC(=O)OC)C(CCCCN)C(=O)OC. The Morgan fingerprint density at radius 3 is 1.86 bits per heavy atom. The lowest BCUT2D eigenvalue weighted by Gasteiger charge is -2.27. The Balaban J connectivity index is 4.98. The van der Waals surface area contributed by atoms with Crippen molar-refractivity contribution in [3.63, 3.8) is 0 Å². The Kier molecular flexibility index (Phi) is 10.2. The summed E-state index contributed by atoms with van der Waals surface area (Å²) in [6.45, 7) is 0.101. The summed E-state index contributed by atoms with van der Waals surface area (Å²) >= 11 is 0. The zero-order chi connectivity index (χ0) is 16.3. The van der Waals surface area contributed by atoms with Crippen LogP contribution in [0.1, 0.15) is 19.3 Å². The van der Waals surface area contributed by atoms with E-state index in [-0.39, 0.29) is 13.1 Å². The van der Waals surface area contributed by atoms with Gasteiger partial charge in [0.2, 0.25) is 0 Å².